The molecule has 0 atom stereocenters. The molecule has 1 aliphatic rings. The highest BCUT2D eigenvalue weighted by atomic mass is 35.5. The van der Waals surface area contributed by atoms with Gasteiger partial charge in [0.1, 0.15) is 18.0 Å². The lowest BCUT2D eigenvalue weighted by Crippen LogP contribution is -2.33. The molecule has 0 unspecified atom stereocenters. The summed E-state index contributed by atoms with van der Waals surface area (Å²) < 4.78 is 11.3. The quantitative estimate of drug-likeness (QED) is 0.119. The smallest absolute Gasteiger partial charge is 0.296 e. The Kier molecular flexibility index (Phi) is 8.62. The van der Waals surface area contributed by atoms with Crippen LogP contribution in [0.4, 0.5) is 5.69 Å². The summed E-state index contributed by atoms with van der Waals surface area (Å²) in [5, 5.41) is 5.60. The number of aromatic nitrogens is 4. The molecule has 2 aromatic heterocycles. The number of rotatable bonds is 8. The van der Waals surface area contributed by atoms with Gasteiger partial charge in [-0.05, 0) is 79.2 Å². The number of para-hydroxylation sites is 2. The molecule has 7 rings (SSSR count). The summed E-state index contributed by atoms with van der Waals surface area (Å²) in [4.78, 5) is 29.5. The highest BCUT2D eigenvalue weighted by Crippen LogP contribution is 2.38. The average Bonchev–Trinajstić information content (AvgIpc) is 3.72. The summed E-state index contributed by atoms with van der Waals surface area (Å²) in [6, 6.07) is 34.3. The Labute approximate surface area is 291 Å². The van der Waals surface area contributed by atoms with Gasteiger partial charge in [-0.25, -0.2) is 9.36 Å². The van der Waals surface area contributed by atoms with Crippen LogP contribution in [0.1, 0.15) is 16.8 Å². The third-order valence-electron chi connectivity index (χ3n) is 8.04. The Morgan fingerprint density at radius 3 is 2.19 bits per heavy atom. The fraction of sp³-hybridized carbons (Fsp3) is 0.0811. The number of carbonyl (C=O) groups is 1. The first-order chi connectivity index (χ1) is 23.3. The number of thioether (sulfide) groups is 1. The number of carbonyl (C=O) groups excluding carboxylic acids is 1. The second kappa shape index (κ2) is 13.2. The molecule has 0 spiro atoms. The monoisotopic (exact) mass is 689 g/mol. The van der Waals surface area contributed by atoms with Gasteiger partial charge in [0.15, 0.2) is 4.32 Å². The Hall–Kier alpha value is -5.16. The van der Waals surface area contributed by atoms with Gasteiger partial charge in [0.2, 0.25) is 0 Å². The minimum absolute atomic E-state index is 0.238. The zero-order valence-electron chi connectivity index (χ0n) is 25.9. The van der Waals surface area contributed by atoms with E-state index in [1.54, 1.807) is 22.5 Å². The van der Waals surface area contributed by atoms with Crippen molar-refractivity contribution in [3.8, 4) is 28.4 Å². The third kappa shape index (κ3) is 6.01. The summed E-state index contributed by atoms with van der Waals surface area (Å²) >= 11 is 12.9. The van der Waals surface area contributed by atoms with Crippen molar-refractivity contribution in [2.75, 3.05) is 4.90 Å². The van der Waals surface area contributed by atoms with Gasteiger partial charge in [-0.2, -0.15) is 5.10 Å². The number of amides is 1. The first-order valence-corrected chi connectivity index (χ1v) is 16.6. The Balaban J connectivity index is 1.22. The SMILES string of the molecule is Cc1c(N2C(=O)/C(=C/c3cn(-c4ccccc4)nc3-c3ccc(OCc4ccc(Cl)cc4)cc3)SC2=S)c(=O)n(-c2ccccc2)n1C. The molecule has 1 saturated heterocycles. The van der Waals surface area contributed by atoms with E-state index in [0.29, 0.717) is 39.4 Å². The van der Waals surface area contributed by atoms with Crippen LogP contribution in [0.3, 0.4) is 0 Å². The molecule has 3 heterocycles. The lowest BCUT2D eigenvalue weighted by Gasteiger charge is -2.12. The molecule has 8 nitrogen and oxygen atoms in total. The number of hydrogen-bond acceptors (Lipinski definition) is 6. The summed E-state index contributed by atoms with van der Waals surface area (Å²) in [5.74, 6) is 0.346. The van der Waals surface area contributed by atoms with Crippen LogP contribution >= 0.6 is 35.6 Å². The second-order valence-corrected chi connectivity index (χ2v) is 13.2. The highest BCUT2D eigenvalue weighted by molar-refractivity contribution is 8.27. The zero-order chi connectivity index (χ0) is 33.4. The highest BCUT2D eigenvalue weighted by Gasteiger charge is 2.38. The molecule has 0 bridgehead atoms. The Morgan fingerprint density at radius 2 is 1.52 bits per heavy atom. The number of nitrogens with zero attached hydrogens (tertiary/aromatic N) is 5. The van der Waals surface area contributed by atoms with Gasteiger partial charge in [-0.15, -0.1) is 0 Å². The first kappa shape index (κ1) is 31.4. The van der Waals surface area contributed by atoms with Gasteiger partial charge in [0.25, 0.3) is 11.5 Å². The second-order valence-electron chi connectivity index (χ2n) is 11.1. The number of anilines is 1. The van der Waals surface area contributed by atoms with Crippen molar-refractivity contribution in [2.45, 2.75) is 13.5 Å². The lowest BCUT2D eigenvalue weighted by molar-refractivity contribution is -0.113. The summed E-state index contributed by atoms with van der Waals surface area (Å²) in [5.41, 5.74) is 5.35. The maximum absolute atomic E-state index is 14.0. The molecule has 1 amide bonds. The summed E-state index contributed by atoms with van der Waals surface area (Å²) in [7, 11) is 1.79. The van der Waals surface area contributed by atoms with Gasteiger partial charge >= 0.3 is 0 Å². The zero-order valence-corrected chi connectivity index (χ0v) is 28.3. The number of ether oxygens (including phenoxy) is 1. The molecule has 238 valence electrons. The van der Waals surface area contributed by atoms with Gasteiger partial charge in [-0.3, -0.25) is 19.2 Å². The third-order valence-corrected chi connectivity index (χ3v) is 9.59. The molecule has 0 N–H and O–H groups in total. The van der Waals surface area contributed by atoms with E-state index < -0.39 is 0 Å². The Morgan fingerprint density at radius 1 is 0.875 bits per heavy atom. The molecule has 1 aliphatic heterocycles. The van der Waals surface area contributed by atoms with E-state index in [-0.39, 0.29) is 21.5 Å². The van der Waals surface area contributed by atoms with Crippen LogP contribution in [0, 0.1) is 6.92 Å². The van der Waals surface area contributed by atoms with E-state index in [9.17, 15) is 9.59 Å². The van der Waals surface area contributed by atoms with E-state index in [2.05, 4.69) is 0 Å². The van der Waals surface area contributed by atoms with Gasteiger partial charge < -0.3 is 4.74 Å². The fourth-order valence-electron chi connectivity index (χ4n) is 5.50. The minimum Gasteiger partial charge on any atom is -0.489 e. The molecule has 0 saturated carbocycles. The normalized spacial score (nSPS) is 13.9. The topological polar surface area (TPSA) is 74.3 Å². The van der Waals surface area contributed by atoms with Crippen molar-refractivity contribution >= 4 is 57.6 Å². The predicted molar refractivity (Wildman–Crippen MR) is 196 cm³/mol. The van der Waals surface area contributed by atoms with Gasteiger partial charge in [0.05, 0.1) is 27.7 Å². The van der Waals surface area contributed by atoms with E-state index in [4.69, 9.17) is 33.7 Å². The van der Waals surface area contributed by atoms with Crippen molar-refractivity contribution in [1.29, 1.82) is 0 Å². The molecule has 11 heteroatoms. The van der Waals surface area contributed by atoms with Crippen LogP contribution in [0.5, 0.6) is 5.75 Å². The van der Waals surface area contributed by atoms with Crippen molar-refractivity contribution in [2.24, 2.45) is 7.05 Å². The largest absolute Gasteiger partial charge is 0.489 e. The van der Waals surface area contributed by atoms with E-state index in [1.165, 1.54) is 9.58 Å². The fourth-order valence-corrected chi connectivity index (χ4v) is 6.89. The number of benzene rings is 4. The van der Waals surface area contributed by atoms with E-state index in [0.717, 1.165) is 34.1 Å². The van der Waals surface area contributed by atoms with Crippen LogP contribution in [0.25, 0.3) is 28.7 Å². The van der Waals surface area contributed by atoms with Crippen molar-refractivity contribution < 1.29 is 9.53 Å². The Bertz CT molecular complexity index is 2240. The van der Waals surface area contributed by atoms with E-state index >= 15 is 0 Å². The maximum Gasteiger partial charge on any atom is 0.296 e. The maximum atomic E-state index is 14.0. The van der Waals surface area contributed by atoms with Crippen LogP contribution in [-0.4, -0.2) is 29.4 Å². The van der Waals surface area contributed by atoms with Gasteiger partial charge in [-0.1, -0.05) is 84.1 Å². The molecule has 4 aromatic carbocycles. The molecular formula is C37H28ClN5O3S2. The first-order valence-electron chi connectivity index (χ1n) is 15.0. The number of hydrogen-bond donors (Lipinski definition) is 0. The minimum atomic E-state index is -0.361. The van der Waals surface area contributed by atoms with Crippen molar-refractivity contribution in [3.63, 3.8) is 0 Å². The standard InChI is InChI=1S/C37H28ClN5O3S2/c1-24-34(36(45)43(40(24)2)30-11-7-4-8-12-30)42-35(44)32(48-37(42)47)21-27-22-41(29-9-5-3-6-10-29)39-33(27)26-15-19-31(20-16-26)46-23-25-13-17-28(38)18-14-25/h3-22H,23H2,1-2H3/b32-21-. The van der Waals surface area contributed by atoms with Crippen LogP contribution < -0.4 is 15.2 Å². The molecule has 6 aromatic rings. The molecule has 0 aliphatic carbocycles. The molecular weight excluding hydrogens is 662 g/mol. The number of thiocarbonyl (C=S) groups is 1. The van der Waals surface area contributed by atoms with Crippen LogP contribution in [0.15, 0.2) is 125 Å². The van der Waals surface area contributed by atoms with Crippen LogP contribution in [-0.2, 0) is 18.4 Å². The van der Waals surface area contributed by atoms with Crippen molar-refractivity contribution in [3.05, 3.63) is 152 Å². The van der Waals surface area contributed by atoms with Crippen molar-refractivity contribution in [1.82, 2.24) is 19.1 Å². The predicted octanol–water partition coefficient (Wildman–Crippen LogP) is 7.98. The molecule has 0 radical (unpaired) electrons. The number of halogens is 1. The van der Waals surface area contributed by atoms with Gasteiger partial charge in [0, 0.05) is 29.4 Å². The average molecular weight is 690 g/mol. The lowest BCUT2D eigenvalue weighted by atomic mass is 10.1. The summed E-state index contributed by atoms with van der Waals surface area (Å²) in [6.07, 6.45) is 3.68. The van der Waals surface area contributed by atoms with Crippen LogP contribution in [0.2, 0.25) is 5.02 Å². The molecule has 48 heavy (non-hydrogen) atoms. The summed E-state index contributed by atoms with van der Waals surface area (Å²) in [6.45, 7) is 2.22. The molecule has 1 fully saturated rings. The van der Waals surface area contributed by atoms with E-state index in [1.807, 2.05) is 122 Å².